The van der Waals surface area contributed by atoms with Gasteiger partial charge in [0.1, 0.15) is 11.6 Å². The van der Waals surface area contributed by atoms with Crippen molar-refractivity contribution in [1.29, 1.82) is 5.26 Å². The minimum absolute atomic E-state index is 0.0670. The predicted octanol–water partition coefficient (Wildman–Crippen LogP) is 3.25. The summed E-state index contributed by atoms with van der Waals surface area (Å²) in [4.78, 5) is 23.7. The molecule has 0 spiro atoms. The van der Waals surface area contributed by atoms with E-state index in [9.17, 15) is 14.9 Å². The fourth-order valence-corrected chi connectivity index (χ4v) is 2.13. The zero-order valence-electron chi connectivity index (χ0n) is 12.8. The molecule has 0 unspecified atom stereocenters. The van der Waals surface area contributed by atoms with Crippen LogP contribution < -0.4 is 10.6 Å². The second-order valence-electron chi connectivity index (χ2n) is 4.80. The summed E-state index contributed by atoms with van der Waals surface area (Å²) in [7, 11) is 1.54. The molecule has 0 saturated carbocycles. The van der Waals surface area contributed by atoms with E-state index in [1.54, 1.807) is 55.6 Å². The summed E-state index contributed by atoms with van der Waals surface area (Å²) in [5.74, 6) is -0.761. The number of nitrogens with zero attached hydrogens (tertiary/aromatic N) is 1. The van der Waals surface area contributed by atoms with Gasteiger partial charge in [-0.2, -0.15) is 5.26 Å². The molecule has 0 aliphatic rings. The zero-order valence-corrected chi connectivity index (χ0v) is 13.6. The lowest BCUT2D eigenvalue weighted by atomic mass is 10.1. The smallest absolute Gasteiger partial charge is 0.266 e. The van der Waals surface area contributed by atoms with Crippen molar-refractivity contribution in [2.45, 2.75) is 0 Å². The summed E-state index contributed by atoms with van der Waals surface area (Å²) in [6, 6.07) is 15.2. The van der Waals surface area contributed by atoms with E-state index in [-0.39, 0.29) is 11.5 Å². The molecule has 0 aliphatic heterocycles. The molecule has 120 valence electrons. The molecule has 2 amide bonds. The first-order valence-corrected chi connectivity index (χ1v) is 7.42. The number of nitrogens with one attached hydrogen (secondary N) is 2. The van der Waals surface area contributed by atoms with Crippen molar-refractivity contribution in [3.63, 3.8) is 0 Å². The molecule has 2 rings (SSSR count). The number of halogens is 1. The first-order valence-electron chi connectivity index (χ1n) is 7.05. The maximum atomic E-state index is 12.2. The zero-order chi connectivity index (χ0) is 17.5. The van der Waals surface area contributed by atoms with E-state index in [0.717, 1.165) is 0 Å². The lowest BCUT2D eigenvalue weighted by molar-refractivity contribution is -0.112. The minimum atomic E-state index is -0.555. The number of amides is 2. The van der Waals surface area contributed by atoms with Crippen molar-refractivity contribution in [3.05, 3.63) is 70.3 Å². The van der Waals surface area contributed by atoms with Gasteiger partial charge in [0, 0.05) is 12.6 Å². The number of hydrogen-bond acceptors (Lipinski definition) is 3. The van der Waals surface area contributed by atoms with Crippen molar-refractivity contribution in [2.75, 3.05) is 12.4 Å². The molecule has 5 nitrogen and oxygen atoms in total. The Morgan fingerprint density at radius 3 is 2.38 bits per heavy atom. The number of anilines is 1. The summed E-state index contributed by atoms with van der Waals surface area (Å²) >= 11 is 5.98. The Bertz CT molecular complexity index is 836. The predicted molar refractivity (Wildman–Crippen MR) is 93.5 cm³/mol. The highest BCUT2D eigenvalue weighted by Crippen LogP contribution is 2.21. The average molecular weight is 340 g/mol. The van der Waals surface area contributed by atoms with Gasteiger partial charge in [-0.15, -0.1) is 0 Å². The molecule has 2 aromatic carbocycles. The fourth-order valence-electron chi connectivity index (χ4n) is 1.94. The standard InChI is InChI=1S/C18H14ClN3O2/c1-21-17(23)13-8-6-12(7-9-13)10-14(11-20)18(24)22-16-5-3-2-4-15(16)19/h2-10H,1H3,(H,21,23)(H,22,24)/b14-10-. The summed E-state index contributed by atoms with van der Waals surface area (Å²) in [5, 5.41) is 14.7. The maximum absolute atomic E-state index is 12.2. The van der Waals surface area contributed by atoms with Crippen LogP contribution in [0.4, 0.5) is 5.69 Å². The number of carbonyl (C=O) groups is 2. The third kappa shape index (κ3) is 4.22. The van der Waals surface area contributed by atoms with Crippen LogP contribution in [0, 0.1) is 11.3 Å². The maximum Gasteiger partial charge on any atom is 0.266 e. The van der Waals surface area contributed by atoms with Crippen LogP contribution in [0.25, 0.3) is 6.08 Å². The quantitative estimate of drug-likeness (QED) is 0.662. The molecule has 0 aliphatic carbocycles. The Hall–Kier alpha value is -3.10. The molecule has 0 atom stereocenters. The number of hydrogen-bond donors (Lipinski definition) is 2. The van der Waals surface area contributed by atoms with Crippen molar-refractivity contribution in [2.24, 2.45) is 0 Å². The van der Waals surface area contributed by atoms with Crippen molar-refractivity contribution < 1.29 is 9.59 Å². The SMILES string of the molecule is CNC(=O)c1ccc(/C=C(/C#N)C(=O)Nc2ccccc2Cl)cc1. The Balaban J connectivity index is 2.20. The molecule has 2 aromatic rings. The topological polar surface area (TPSA) is 82.0 Å². The second-order valence-corrected chi connectivity index (χ2v) is 5.21. The number of nitriles is 1. The van der Waals surface area contributed by atoms with Crippen LogP contribution in [0.2, 0.25) is 5.02 Å². The van der Waals surface area contributed by atoms with Gasteiger partial charge >= 0.3 is 0 Å². The monoisotopic (exact) mass is 339 g/mol. The summed E-state index contributed by atoms with van der Waals surface area (Å²) in [6.07, 6.45) is 1.44. The Kier molecular flexibility index (Phi) is 5.72. The van der Waals surface area contributed by atoms with Gasteiger partial charge in [-0.3, -0.25) is 9.59 Å². The lowest BCUT2D eigenvalue weighted by Crippen LogP contribution is -2.17. The molecule has 0 radical (unpaired) electrons. The molecule has 2 N–H and O–H groups in total. The summed E-state index contributed by atoms with van der Waals surface area (Å²) in [6.45, 7) is 0. The van der Waals surface area contributed by atoms with Crippen LogP contribution in [0.5, 0.6) is 0 Å². The first kappa shape index (κ1) is 17.3. The molecule has 6 heteroatoms. The van der Waals surface area contributed by atoms with E-state index in [1.165, 1.54) is 6.08 Å². The molecule has 0 aromatic heterocycles. The molecular formula is C18H14ClN3O2. The highest BCUT2D eigenvalue weighted by atomic mass is 35.5. The van der Waals surface area contributed by atoms with Gasteiger partial charge in [-0.05, 0) is 35.9 Å². The van der Waals surface area contributed by atoms with Gasteiger partial charge in [0.05, 0.1) is 10.7 Å². The van der Waals surface area contributed by atoms with Gasteiger partial charge in [0.15, 0.2) is 0 Å². The largest absolute Gasteiger partial charge is 0.355 e. The summed E-state index contributed by atoms with van der Waals surface area (Å²) in [5.41, 5.74) is 1.49. The van der Waals surface area contributed by atoms with Gasteiger partial charge in [0.2, 0.25) is 0 Å². The van der Waals surface area contributed by atoms with Gasteiger partial charge in [0.25, 0.3) is 11.8 Å². The van der Waals surface area contributed by atoms with E-state index < -0.39 is 5.91 Å². The normalized spacial score (nSPS) is 10.6. The average Bonchev–Trinajstić information content (AvgIpc) is 2.61. The fraction of sp³-hybridized carbons (Fsp3) is 0.0556. The van der Waals surface area contributed by atoms with Crippen LogP contribution in [0.1, 0.15) is 15.9 Å². The van der Waals surface area contributed by atoms with Crippen LogP contribution in [0.3, 0.4) is 0 Å². The van der Waals surface area contributed by atoms with Gasteiger partial charge in [-0.25, -0.2) is 0 Å². The second kappa shape index (κ2) is 7.95. The molecular weight excluding hydrogens is 326 g/mol. The van der Waals surface area contributed by atoms with E-state index in [1.807, 2.05) is 6.07 Å². The van der Waals surface area contributed by atoms with Crippen molar-refractivity contribution >= 4 is 35.2 Å². The lowest BCUT2D eigenvalue weighted by Gasteiger charge is -2.06. The third-order valence-corrected chi connectivity index (χ3v) is 3.53. The van der Waals surface area contributed by atoms with Crippen LogP contribution in [0.15, 0.2) is 54.1 Å². The summed E-state index contributed by atoms with van der Waals surface area (Å²) < 4.78 is 0. The molecule has 0 bridgehead atoms. The number of carbonyl (C=O) groups excluding carboxylic acids is 2. The number of para-hydroxylation sites is 1. The van der Waals surface area contributed by atoms with Gasteiger partial charge < -0.3 is 10.6 Å². The minimum Gasteiger partial charge on any atom is -0.355 e. The molecule has 0 fully saturated rings. The van der Waals surface area contributed by atoms with E-state index in [4.69, 9.17) is 11.6 Å². The van der Waals surface area contributed by atoms with E-state index >= 15 is 0 Å². The number of benzene rings is 2. The highest BCUT2D eigenvalue weighted by Gasteiger charge is 2.11. The Morgan fingerprint density at radius 2 is 1.79 bits per heavy atom. The van der Waals surface area contributed by atoms with E-state index in [2.05, 4.69) is 10.6 Å². The first-order chi connectivity index (χ1) is 11.5. The van der Waals surface area contributed by atoms with Crippen LogP contribution in [-0.4, -0.2) is 18.9 Å². The van der Waals surface area contributed by atoms with Crippen LogP contribution >= 0.6 is 11.6 Å². The highest BCUT2D eigenvalue weighted by molar-refractivity contribution is 6.34. The van der Waals surface area contributed by atoms with Crippen LogP contribution in [-0.2, 0) is 4.79 Å². The Labute approximate surface area is 144 Å². The number of rotatable bonds is 4. The Morgan fingerprint density at radius 1 is 1.12 bits per heavy atom. The van der Waals surface area contributed by atoms with Crippen molar-refractivity contribution in [3.8, 4) is 6.07 Å². The molecule has 0 saturated heterocycles. The van der Waals surface area contributed by atoms with Crippen molar-refractivity contribution in [1.82, 2.24) is 5.32 Å². The van der Waals surface area contributed by atoms with Gasteiger partial charge in [-0.1, -0.05) is 35.9 Å². The van der Waals surface area contributed by atoms with E-state index in [0.29, 0.717) is 21.8 Å². The molecule has 24 heavy (non-hydrogen) atoms. The molecule has 0 heterocycles. The third-order valence-electron chi connectivity index (χ3n) is 3.20.